The van der Waals surface area contributed by atoms with E-state index in [2.05, 4.69) is 15.9 Å². The minimum Gasteiger partial charge on any atom is -0.330 e. The highest BCUT2D eigenvalue weighted by atomic mass is 79.9. The van der Waals surface area contributed by atoms with Crippen molar-refractivity contribution in [1.29, 1.82) is 0 Å². The van der Waals surface area contributed by atoms with Gasteiger partial charge in [-0.3, -0.25) is 0 Å². The smallest absolute Gasteiger partial charge is 0.123 e. The molecule has 1 saturated carbocycles. The molecular weight excluding hydrogens is 281 g/mol. The molecule has 0 amide bonds. The molecule has 2 rings (SSSR count). The second-order valence-electron chi connectivity index (χ2n) is 4.98. The number of rotatable bonds is 4. The molecule has 1 unspecified atom stereocenters. The van der Waals surface area contributed by atoms with Crippen LogP contribution < -0.4 is 5.73 Å². The zero-order chi connectivity index (χ0) is 12.3. The summed E-state index contributed by atoms with van der Waals surface area (Å²) in [7, 11) is 0. The van der Waals surface area contributed by atoms with Crippen molar-refractivity contribution in [3.63, 3.8) is 0 Å². The number of halogens is 2. The summed E-state index contributed by atoms with van der Waals surface area (Å²) in [6.07, 6.45) is 6.11. The molecule has 94 valence electrons. The van der Waals surface area contributed by atoms with Gasteiger partial charge in [-0.1, -0.05) is 41.6 Å². The Morgan fingerprint density at radius 1 is 1.35 bits per heavy atom. The molecule has 3 heteroatoms. The van der Waals surface area contributed by atoms with Crippen molar-refractivity contribution >= 4 is 15.9 Å². The van der Waals surface area contributed by atoms with E-state index in [0.29, 0.717) is 12.5 Å². The van der Waals surface area contributed by atoms with Gasteiger partial charge in [0.1, 0.15) is 5.82 Å². The lowest BCUT2D eigenvalue weighted by Gasteiger charge is -2.22. The summed E-state index contributed by atoms with van der Waals surface area (Å²) in [6.45, 7) is 0.702. The average molecular weight is 300 g/mol. The molecule has 0 bridgehead atoms. The molecule has 0 spiro atoms. The van der Waals surface area contributed by atoms with E-state index in [-0.39, 0.29) is 5.82 Å². The van der Waals surface area contributed by atoms with Crippen LogP contribution >= 0.6 is 15.9 Å². The Labute approximate surface area is 111 Å². The van der Waals surface area contributed by atoms with E-state index >= 15 is 0 Å². The maximum Gasteiger partial charge on any atom is 0.123 e. The summed E-state index contributed by atoms with van der Waals surface area (Å²) >= 11 is 3.49. The Hall–Kier alpha value is -0.410. The van der Waals surface area contributed by atoms with Gasteiger partial charge < -0.3 is 5.73 Å². The molecule has 1 aliphatic rings. The SMILES string of the molecule is NCC(Cc1cc(F)ccc1Br)C1CCCC1. The van der Waals surface area contributed by atoms with Gasteiger partial charge >= 0.3 is 0 Å². The van der Waals surface area contributed by atoms with E-state index in [9.17, 15) is 4.39 Å². The quantitative estimate of drug-likeness (QED) is 0.897. The van der Waals surface area contributed by atoms with Gasteiger partial charge in [0.05, 0.1) is 0 Å². The lowest BCUT2D eigenvalue weighted by Crippen LogP contribution is -2.24. The first kappa shape index (κ1) is 13.0. The molecule has 1 aromatic carbocycles. The molecule has 0 aliphatic heterocycles. The minimum absolute atomic E-state index is 0.162. The van der Waals surface area contributed by atoms with E-state index in [4.69, 9.17) is 5.73 Å². The van der Waals surface area contributed by atoms with Crippen LogP contribution in [0.1, 0.15) is 31.2 Å². The maximum atomic E-state index is 13.2. The van der Waals surface area contributed by atoms with E-state index in [1.54, 1.807) is 12.1 Å². The van der Waals surface area contributed by atoms with E-state index < -0.39 is 0 Å². The lowest BCUT2D eigenvalue weighted by molar-refractivity contribution is 0.344. The van der Waals surface area contributed by atoms with Gasteiger partial charge in [-0.2, -0.15) is 0 Å². The van der Waals surface area contributed by atoms with Crippen molar-refractivity contribution in [1.82, 2.24) is 0 Å². The third kappa shape index (κ3) is 3.29. The number of hydrogen-bond donors (Lipinski definition) is 1. The molecule has 17 heavy (non-hydrogen) atoms. The van der Waals surface area contributed by atoms with Crippen molar-refractivity contribution in [2.75, 3.05) is 6.54 Å². The Kier molecular flexibility index (Phi) is 4.57. The topological polar surface area (TPSA) is 26.0 Å². The summed E-state index contributed by atoms with van der Waals surface area (Å²) in [5.41, 5.74) is 6.93. The van der Waals surface area contributed by atoms with Crippen LogP contribution in [0.2, 0.25) is 0 Å². The van der Waals surface area contributed by atoms with Crippen LogP contribution in [0.5, 0.6) is 0 Å². The first-order valence-corrected chi connectivity index (χ1v) is 7.14. The largest absolute Gasteiger partial charge is 0.330 e. The third-order valence-corrected chi connectivity index (χ3v) is 4.63. The molecule has 0 aromatic heterocycles. The molecular formula is C14H19BrFN. The zero-order valence-electron chi connectivity index (χ0n) is 9.96. The van der Waals surface area contributed by atoms with Gasteiger partial charge in [0.2, 0.25) is 0 Å². The Morgan fingerprint density at radius 3 is 2.71 bits per heavy atom. The van der Waals surface area contributed by atoms with Crippen LogP contribution in [0.3, 0.4) is 0 Å². The number of nitrogens with two attached hydrogens (primary N) is 1. The molecule has 1 nitrogen and oxygen atoms in total. The molecule has 0 saturated heterocycles. The number of hydrogen-bond acceptors (Lipinski definition) is 1. The first-order valence-electron chi connectivity index (χ1n) is 6.34. The maximum absolute atomic E-state index is 13.2. The fourth-order valence-electron chi connectivity index (χ4n) is 2.85. The molecule has 1 atom stereocenters. The highest BCUT2D eigenvalue weighted by Crippen LogP contribution is 2.34. The van der Waals surface area contributed by atoms with Crippen molar-refractivity contribution in [3.05, 3.63) is 34.1 Å². The van der Waals surface area contributed by atoms with Crippen LogP contribution in [-0.2, 0) is 6.42 Å². The first-order chi connectivity index (χ1) is 8.20. The van der Waals surface area contributed by atoms with Crippen LogP contribution in [0, 0.1) is 17.7 Å². The highest BCUT2D eigenvalue weighted by molar-refractivity contribution is 9.10. The Bertz CT molecular complexity index is 374. The monoisotopic (exact) mass is 299 g/mol. The fourth-order valence-corrected chi connectivity index (χ4v) is 3.26. The summed E-state index contributed by atoms with van der Waals surface area (Å²) in [6, 6.07) is 4.90. The van der Waals surface area contributed by atoms with Crippen LogP contribution in [-0.4, -0.2) is 6.54 Å². The lowest BCUT2D eigenvalue weighted by atomic mass is 9.86. The molecule has 0 radical (unpaired) electrons. The summed E-state index contributed by atoms with van der Waals surface area (Å²) in [5, 5.41) is 0. The molecule has 1 aliphatic carbocycles. The average Bonchev–Trinajstić information content (AvgIpc) is 2.84. The molecule has 0 heterocycles. The number of benzene rings is 1. The summed E-state index contributed by atoms with van der Waals surface area (Å²) in [5.74, 6) is 1.07. The second-order valence-corrected chi connectivity index (χ2v) is 5.83. The zero-order valence-corrected chi connectivity index (χ0v) is 11.5. The van der Waals surface area contributed by atoms with Gasteiger partial charge in [0.25, 0.3) is 0 Å². The predicted molar refractivity (Wildman–Crippen MR) is 72.3 cm³/mol. The highest BCUT2D eigenvalue weighted by Gasteiger charge is 2.24. The van der Waals surface area contributed by atoms with E-state index in [0.717, 1.165) is 22.4 Å². The molecule has 2 N–H and O–H groups in total. The van der Waals surface area contributed by atoms with Crippen LogP contribution in [0.25, 0.3) is 0 Å². The molecule has 1 fully saturated rings. The van der Waals surface area contributed by atoms with Gasteiger partial charge in [-0.15, -0.1) is 0 Å². The van der Waals surface area contributed by atoms with Crippen molar-refractivity contribution in [2.45, 2.75) is 32.1 Å². The Balaban J connectivity index is 2.09. The van der Waals surface area contributed by atoms with Gasteiger partial charge in [-0.25, -0.2) is 4.39 Å². The standard InChI is InChI=1S/C14H19BrFN/c15-14-6-5-13(16)8-11(14)7-12(9-17)10-3-1-2-4-10/h5-6,8,10,12H,1-4,7,9,17H2. The second kappa shape index (κ2) is 5.96. The summed E-state index contributed by atoms with van der Waals surface area (Å²) < 4.78 is 14.2. The molecule has 1 aromatic rings. The Morgan fingerprint density at radius 2 is 2.06 bits per heavy atom. The van der Waals surface area contributed by atoms with Crippen LogP contribution in [0.4, 0.5) is 4.39 Å². The van der Waals surface area contributed by atoms with Crippen molar-refractivity contribution < 1.29 is 4.39 Å². The van der Waals surface area contributed by atoms with Gasteiger partial charge in [-0.05, 0) is 48.6 Å². The van der Waals surface area contributed by atoms with Gasteiger partial charge in [0.15, 0.2) is 0 Å². The van der Waals surface area contributed by atoms with Crippen molar-refractivity contribution in [2.24, 2.45) is 17.6 Å². The summed E-state index contributed by atoms with van der Waals surface area (Å²) in [4.78, 5) is 0. The normalized spacial score (nSPS) is 18.5. The van der Waals surface area contributed by atoms with Gasteiger partial charge in [0, 0.05) is 4.47 Å². The minimum atomic E-state index is -0.162. The van der Waals surface area contributed by atoms with Crippen LogP contribution in [0.15, 0.2) is 22.7 Å². The van der Waals surface area contributed by atoms with Crippen molar-refractivity contribution in [3.8, 4) is 0 Å². The van der Waals surface area contributed by atoms with E-state index in [1.165, 1.54) is 31.7 Å². The van der Waals surface area contributed by atoms with E-state index in [1.807, 2.05) is 0 Å². The third-order valence-electron chi connectivity index (χ3n) is 3.86. The predicted octanol–water partition coefficient (Wildman–Crippen LogP) is 3.90. The fraction of sp³-hybridized carbons (Fsp3) is 0.571.